The Labute approximate surface area is 175 Å². The number of likely N-dealkylation sites (N-methyl/N-ethyl adjacent to an activating group) is 1. The third-order valence-corrected chi connectivity index (χ3v) is 4.96. The third kappa shape index (κ3) is 3.99. The first-order valence-electron chi connectivity index (χ1n) is 9.45. The van der Waals surface area contributed by atoms with Gasteiger partial charge in [0.1, 0.15) is 23.3 Å². The van der Waals surface area contributed by atoms with Crippen molar-refractivity contribution in [1.82, 2.24) is 14.8 Å². The van der Waals surface area contributed by atoms with Crippen molar-refractivity contribution in [2.24, 2.45) is 0 Å². The van der Waals surface area contributed by atoms with E-state index in [1.54, 1.807) is 42.6 Å². The first-order valence-corrected chi connectivity index (χ1v) is 9.45. The molecule has 0 radical (unpaired) electrons. The summed E-state index contributed by atoms with van der Waals surface area (Å²) in [6.07, 6.45) is 1.59. The molecule has 0 unspecified atom stereocenters. The number of amides is 1. The van der Waals surface area contributed by atoms with Gasteiger partial charge in [-0.1, -0.05) is 6.07 Å². The fourth-order valence-corrected chi connectivity index (χ4v) is 3.40. The number of ketones is 1. The molecular formula is C22H25N3O5. The van der Waals surface area contributed by atoms with E-state index in [0.29, 0.717) is 35.8 Å². The molecule has 1 aromatic carbocycles. The number of nitrogens with zero attached hydrogens (tertiary/aromatic N) is 3. The van der Waals surface area contributed by atoms with Crippen molar-refractivity contribution in [2.75, 3.05) is 41.4 Å². The Morgan fingerprint density at radius 1 is 1.17 bits per heavy atom. The molecule has 1 fully saturated rings. The molecule has 1 N–H and O–H groups in total. The van der Waals surface area contributed by atoms with Crippen molar-refractivity contribution in [1.29, 1.82) is 0 Å². The molecule has 158 valence electrons. The summed E-state index contributed by atoms with van der Waals surface area (Å²) in [5.41, 5.74) is 0.787. The summed E-state index contributed by atoms with van der Waals surface area (Å²) in [6, 6.07) is 9.32. The lowest BCUT2D eigenvalue weighted by molar-refractivity contribution is -0.140. The number of methoxy groups -OCH3 is 2. The number of ether oxygens (including phenoxy) is 2. The van der Waals surface area contributed by atoms with Crippen LogP contribution >= 0.6 is 0 Å². The summed E-state index contributed by atoms with van der Waals surface area (Å²) in [7, 11) is 6.74. The van der Waals surface area contributed by atoms with Crippen molar-refractivity contribution >= 4 is 17.4 Å². The summed E-state index contributed by atoms with van der Waals surface area (Å²) < 4.78 is 10.6. The number of rotatable bonds is 7. The molecule has 0 saturated carbocycles. The molecule has 2 heterocycles. The number of carbonyl (C=O) groups is 2. The molecule has 0 bridgehead atoms. The number of pyridine rings is 1. The second-order valence-electron chi connectivity index (χ2n) is 7.12. The Hall–Kier alpha value is -3.39. The molecule has 2 aromatic rings. The van der Waals surface area contributed by atoms with Crippen LogP contribution in [0.3, 0.4) is 0 Å². The highest BCUT2D eigenvalue weighted by atomic mass is 16.5. The van der Waals surface area contributed by atoms with Gasteiger partial charge in [0, 0.05) is 25.4 Å². The van der Waals surface area contributed by atoms with E-state index >= 15 is 0 Å². The summed E-state index contributed by atoms with van der Waals surface area (Å²) >= 11 is 0. The van der Waals surface area contributed by atoms with Crippen LogP contribution in [-0.4, -0.2) is 73.0 Å². The lowest BCUT2D eigenvalue weighted by Crippen LogP contribution is -2.35. The molecule has 1 aliphatic heterocycles. The number of aromatic nitrogens is 1. The number of likely N-dealkylation sites (tertiary alicyclic amines) is 1. The number of carbonyl (C=O) groups excluding carboxylic acids is 2. The largest absolute Gasteiger partial charge is 0.507 e. The van der Waals surface area contributed by atoms with Gasteiger partial charge in [0.2, 0.25) is 0 Å². The normalized spacial score (nSPS) is 18.2. The van der Waals surface area contributed by atoms with E-state index in [1.165, 1.54) is 19.1 Å². The molecule has 0 spiro atoms. The lowest BCUT2D eigenvalue weighted by atomic mass is 9.97. The standard InChI is InChI=1S/C22H25N3O5/c1-24(2)11-12-25-19(16-7-5-6-10-23-16)18(21(27)22(25)28)20(26)15-9-8-14(29-3)13-17(15)30-4/h5-10,13,19,26H,11-12H2,1-4H3/b20-18+/t19-/m0/s1. The van der Waals surface area contributed by atoms with Crippen LogP contribution in [0.2, 0.25) is 0 Å². The zero-order valence-electron chi connectivity index (χ0n) is 17.5. The quantitative estimate of drug-likeness (QED) is 0.424. The van der Waals surface area contributed by atoms with Gasteiger partial charge < -0.3 is 24.4 Å². The average molecular weight is 411 g/mol. The first kappa shape index (κ1) is 21.3. The number of hydrogen-bond acceptors (Lipinski definition) is 7. The van der Waals surface area contributed by atoms with Crippen LogP contribution in [0.4, 0.5) is 0 Å². The van der Waals surface area contributed by atoms with Gasteiger partial charge in [-0.15, -0.1) is 0 Å². The smallest absolute Gasteiger partial charge is 0.295 e. The molecule has 1 aliphatic rings. The predicted octanol–water partition coefficient (Wildman–Crippen LogP) is 2.08. The summed E-state index contributed by atoms with van der Waals surface area (Å²) in [4.78, 5) is 33.5. The Morgan fingerprint density at radius 3 is 2.53 bits per heavy atom. The maximum atomic E-state index is 13.0. The molecule has 1 aromatic heterocycles. The molecule has 8 heteroatoms. The Morgan fingerprint density at radius 2 is 1.93 bits per heavy atom. The minimum absolute atomic E-state index is 0.0130. The SMILES string of the molecule is COc1ccc(/C(O)=C2\C(=O)C(=O)N(CCN(C)C)[C@H]2c2ccccn2)c(OC)c1. The van der Waals surface area contributed by atoms with E-state index in [9.17, 15) is 14.7 Å². The Kier molecular flexibility index (Phi) is 6.37. The number of benzene rings is 1. The average Bonchev–Trinajstić information content (AvgIpc) is 3.02. The van der Waals surface area contributed by atoms with Crippen LogP contribution in [0.25, 0.3) is 5.76 Å². The minimum Gasteiger partial charge on any atom is -0.507 e. The highest BCUT2D eigenvalue weighted by Crippen LogP contribution is 2.40. The summed E-state index contributed by atoms with van der Waals surface area (Å²) in [5, 5.41) is 11.1. The number of Topliss-reactive ketones (excluding diaryl/α,β-unsaturated/α-hetero) is 1. The molecule has 3 rings (SSSR count). The van der Waals surface area contributed by atoms with Crippen LogP contribution in [0.15, 0.2) is 48.2 Å². The number of aliphatic hydroxyl groups is 1. The van der Waals surface area contributed by atoms with Crippen molar-refractivity contribution in [2.45, 2.75) is 6.04 Å². The van der Waals surface area contributed by atoms with E-state index < -0.39 is 17.7 Å². The van der Waals surface area contributed by atoms with Gasteiger partial charge >= 0.3 is 0 Å². The van der Waals surface area contributed by atoms with Gasteiger partial charge in [0.15, 0.2) is 0 Å². The number of hydrogen-bond donors (Lipinski definition) is 1. The summed E-state index contributed by atoms with van der Waals surface area (Å²) in [6.45, 7) is 0.873. The fraction of sp³-hybridized carbons (Fsp3) is 0.318. The second-order valence-corrected chi connectivity index (χ2v) is 7.12. The van der Waals surface area contributed by atoms with E-state index in [1.807, 2.05) is 19.0 Å². The van der Waals surface area contributed by atoms with Gasteiger partial charge in [-0.2, -0.15) is 0 Å². The molecule has 1 saturated heterocycles. The van der Waals surface area contributed by atoms with Gasteiger partial charge in [-0.3, -0.25) is 14.6 Å². The van der Waals surface area contributed by atoms with E-state index in [2.05, 4.69) is 4.98 Å². The topological polar surface area (TPSA) is 92.2 Å². The van der Waals surface area contributed by atoms with Crippen molar-refractivity contribution in [3.63, 3.8) is 0 Å². The fourth-order valence-electron chi connectivity index (χ4n) is 3.40. The molecule has 8 nitrogen and oxygen atoms in total. The third-order valence-electron chi connectivity index (χ3n) is 4.96. The van der Waals surface area contributed by atoms with Gasteiger partial charge in [0.05, 0.1) is 31.1 Å². The second kappa shape index (κ2) is 8.96. The Balaban J connectivity index is 2.17. The monoisotopic (exact) mass is 411 g/mol. The molecule has 30 heavy (non-hydrogen) atoms. The van der Waals surface area contributed by atoms with E-state index in [-0.39, 0.29) is 11.3 Å². The zero-order valence-corrected chi connectivity index (χ0v) is 17.5. The van der Waals surface area contributed by atoms with Crippen molar-refractivity contribution in [3.05, 3.63) is 59.4 Å². The molecule has 1 atom stereocenters. The van der Waals surface area contributed by atoms with Crippen LogP contribution in [0.5, 0.6) is 11.5 Å². The Bertz CT molecular complexity index is 972. The highest BCUT2D eigenvalue weighted by molar-refractivity contribution is 6.46. The number of aliphatic hydroxyl groups excluding tert-OH is 1. The maximum absolute atomic E-state index is 13.0. The van der Waals surface area contributed by atoms with E-state index in [0.717, 1.165) is 0 Å². The van der Waals surface area contributed by atoms with Crippen molar-refractivity contribution in [3.8, 4) is 11.5 Å². The van der Waals surface area contributed by atoms with Crippen molar-refractivity contribution < 1.29 is 24.2 Å². The lowest BCUT2D eigenvalue weighted by Gasteiger charge is -2.25. The van der Waals surface area contributed by atoms with Crippen LogP contribution < -0.4 is 9.47 Å². The van der Waals surface area contributed by atoms with Crippen LogP contribution in [-0.2, 0) is 9.59 Å². The van der Waals surface area contributed by atoms with Crippen LogP contribution in [0, 0.1) is 0 Å². The first-order chi connectivity index (χ1) is 14.4. The summed E-state index contributed by atoms with van der Waals surface area (Å²) in [5.74, 6) is -0.862. The van der Waals surface area contributed by atoms with Gasteiger partial charge in [0.25, 0.3) is 11.7 Å². The molecular weight excluding hydrogens is 386 g/mol. The van der Waals surface area contributed by atoms with Gasteiger partial charge in [-0.05, 0) is 38.4 Å². The predicted molar refractivity (Wildman–Crippen MR) is 111 cm³/mol. The van der Waals surface area contributed by atoms with Crippen LogP contribution in [0.1, 0.15) is 17.3 Å². The highest BCUT2D eigenvalue weighted by Gasteiger charge is 2.46. The molecule has 0 aliphatic carbocycles. The zero-order chi connectivity index (χ0) is 21.8. The maximum Gasteiger partial charge on any atom is 0.295 e. The minimum atomic E-state index is -0.794. The van der Waals surface area contributed by atoms with Gasteiger partial charge in [-0.25, -0.2) is 0 Å². The van der Waals surface area contributed by atoms with E-state index in [4.69, 9.17) is 9.47 Å². The molecule has 1 amide bonds.